The molecule has 27 nitrogen and oxygen atoms in total. The molecule has 27 heteroatoms. The minimum atomic E-state index is -1.83. The maximum atomic E-state index is 15.5. The molecule has 0 saturated carbocycles. The number of nitrogens with zero attached hydrogens (tertiary/aromatic N) is 6. The third kappa shape index (κ3) is 24.1. The van der Waals surface area contributed by atoms with Crippen LogP contribution < -0.4 is 37.2 Å². The number of benzene rings is 3. The van der Waals surface area contributed by atoms with E-state index in [0.717, 1.165) is 29.1 Å². The third-order valence-corrected chi connectivity index (χ3v) is 19.2. The molecule has 2 aliphatic rings. The number of amides is 11. The second-order valence-electron chi connectivity index (χ2n) is 29.1. The summed E-state index contributed by atoms with van der Waals surface area (Å²) in [6.45, 7) is 18.9. The van der Waals surface area contributed by atoms with Gasteiger partial charge in [0.05, 0.1) is 37.2 Å². The van der Waals surface area contributed by atoms with E-state index >= 15 is 14.4 Å². The summed E-state index contributed by atoms with van der Waals surface area (Å²) in [4.78, 5) is 170. The van der Waals surface area contributed by atoms with Crippen molar-refractivity contribution in [3.8, 4) is 0 Å². The number of carbonyl (C=O) groups excluding carboxylic acids is 11. The number of aliphatic hydroxyl groups excluding tert-OH is 3. The minimum Gasteiger partial charge on any atom is -0.391 e. The van der Waals surface area contributed by atoms with Gasteiger partial charge in [-0.2, -0.15) is 0 Å². The average Bonchev–Trinajstić information content (AvgIpc) is 0.827. The molecule has 0 aromatic heterocycles. The number of likely N-dealkylation sites (tertiary alicyclic amines) is 1. The maximum absolute atomic E-state index is 15.5. The van der Waals surface area contributed by atoms with Crippen LogP contribution in [-0.2, 0) is 72.0 Å². The molecule has 3 aromatic carbocycles. The third-order valence-electron chi connectivity index (χ3n) is 19.2. The zero-order valence-corrected chi connectivity index (χ0v) is 62.6. The van der Waals surface area contributed by atoms with Gasteiger partial charge in [0.25, 0.3) is 0 Å². The van der Waals surface area contributed by atoms with Gasteiger partial charge in [0.2, 0.25) is 65.0 Å². The van der Waals surface area contributed by atoms with Crippen LogP contribution >= 0.6 is 0 Å². The summed E-state index contributed by atoms with van der Waals surface area (Å²) >= 11 is 0. The number of aliphatic hydroxyl groups is 3. The van der Waals surface area contributed by atoms with Gasteiger partial charge in [0, 0.05) is 60.5 Å². The number of carbonyl (C=O) groups is 11. The van der Waals surface area contributed by atoms with Crippen molar-refractivity contribution in [1.29, 1.82) is 0 Å². The molecule has 564 valence electrons. The molecule has 0 spiro atoms. The molecule has 2 aliphatic heterocycles. The van der Waals surface area contributed by atoms with Gasteiger partial charge in [-0.15, -0.1) is 0 Å². The first kappa shape index (κ1) is 84.3. The molecule has 2 saturated heterocycles. The van der Waals surface area contributed by atoms with Crippen molar-refractivity contribution in [2.45, 2.75) is 219 Å². The molecule has 2 unspecified atom stereocenters. The van der Waals surface area contributed by atoms with Crippen LogP contribution in [0.1, 0.15) is 131 Å². The van der Waals surface area contributed by atoms with Crippen LogP contribution in [-0.4, -0.2) is 250 Å². The minimum absolute atomic E-state index is 0.0624. The SMILES string of the molecule is CC(C)C[C@H]1C(O)N[C@@H]([C@@H](C)O)C(=O)N(C)[C@@H](Cc2ccccc2)C(=O)NCC(=O)N(C)[C@@H](CC(C)C)C(O)N(C)[C@@H](C(C)C)C(=O)N[C@@H](Cc2ccccc2)C(=O)N[C@H](C(=O)N(C)[C@@H](Cc2ccccc2)C(=O)N[C@@H](C)C(=O)N2CCCCC2)CC(=O)N[C@H](C)C(=O)N[C@@H](C(C)C)C(=O)N1C. The molecular formula is C75H115N13O14. The number of likely N-dealkylation sites (N-methyl/N-ethyl adjacent to an activating group) is 5. The van der Waals surface area contributed by atoms with Crippen molar-refractivity contribution in [3.63, 3.8) is 0 Å². The summed E-state index contributed by atoms with van der Waals surface area (Å²) in [7, 11) is 7.04. The normalized spacial score (nSPS) is 25.6. The van der Waals surface area contributed by atoms with Gasteiger partial charge in [-0.05, 0) is 100 Å². The highest BCUT2D eigenvalue weighted by molar-refractivity contribution is 5.99. The fourth-order valence-corrected chi connectivity index (χ4v) is 13.2. The molecule has 2 fully saturated rings. The number of hydrogen-bond donors (Lipinski definition) is 10. The second-order valence-corrected chi connectivity index (χ2v) is 29.1. The highest BCUT2D eigenvalue weighted by Crippen LogP contribution is 2.24. The number of rotatable bonds is 18. The number of nitrogens with one attached hydrogen (secondary N) is 7. The molecule has 10 N–H and O–H groups in total. The van der Waals surface area contributed by atoms with Crippen LogP contribution in [0.3, 0.4) is 0 Å². The van der Waals surface area contributed by atoms with Crippen molar-refractivity contribution in [2.75, 3.05) is 54.9 Å². The summed E-state index contributed by atoms with van der Waals surface area (Å²) < 4.78 is 0. The van der Waals surface area contributed by atoms with Crippen LogP contribution in [0.15, 0.2) is 91.0 Å². The van der Waals surface area contributed by atoms with Gasteiger partial charge in [-0.3, -0.25) is 63.0 Å². The van der Waals surface area contributed by atoms with Gasteiger partial charge < -0.3 is 71.7 Å². The van der Waals surface area contributed by atoms with E-state index in [9.17, 15) is 53.7 Å². The van der Waals surface area contributed by atoms with Crippen LogP contribution in [0.25, 0.3) is 0 Å². The summed E-state index contributed by atoms with van der Waals surface area (Å²) in [5.41, 5.74) is 1.83. The van der Waals surface area contributed by atoms with Gasteiger partial charge in [0.15, 0.2) is 0 Å². The highest BCUT2D eigenvalue weighted by Gasteiger charge is 2.43. The van der Waals surface area contributed by atoms with E-state index in [4.69, 9.17) is 0 Å². The van der Waals surface area contributed by atoms with Gasteiger partial charge in [-0.25, -0.2) is 0 Å². The van der Waals surface area contributed by atoms with Crippen molar-refractivity contribution in [3.05, 3.63) is 108 Å². The fraction of sp³-hybridized carbons (Fsp3) is 0.613. The fourth-order valence-electron chi connectivity index (χ4n) is 13.2. The monoisotopic (exact) mass is 1420 g/mol. The lowest BCUT2D eigenvalue weighted by atomic mass is 9.96. The topological polar surface area (TPSA) is 352 Å². The molecule has 14 atom stereocenters. The Morgan fingerprint density at radius 1 is 0.598 bits per heavy atom. The standard InChI is InChI=1S/C75H115N13O14/c1-44(2)37-56-69(96)82-63(50(11)89)75(102)86(15)57(40-52-31-23-18-24-32-52)67(94)76-43-61(91)83(12)59(38-45(3)4)73(100)87(16)64(47(7)8)70(97)79-54(39-51-29-21-17-22-30-51)66(93)80-55(42-60(90)77-48(9)65(92)81-62(46(5)6)74(101)85(56)14)72(99)84(13)58(41-53-33-25-19-26-34-53)68(95)78-49(10)71(98)88-35-27-20-28-36-88/h17-19,21-26,29-34,44-50,54-59,62-64,69,73,82,89,96,100H,20,27-28,35-43H2,1-16H3,(H,76,94)(H,77,90)(H,78,95)(H,79,97)(H,80,93)(H,81,92)/t48-,49+,50-,54+,55+,56+,57+,58+,59+,62+,63+,64+,69?,73?/m1/s1. The van der Waals surface area contributed by atoms with Crippen LogP contribution in [0.2, 0.25) is 0 Å². The van der Waals surface area contributed by atoms with Crippen LogP contribution in [0.5, 0.6) is 0 Å². The zero-order valence-electron chi connectivity index (χ0n) is 62.6. The van der Waals surface area contributed by atoms with Gasteiger partial charge in [-0.1, -0.05) is 146 Å². The highest BCUT2D eigenvalue weighted by atomic mass is 16.3. The van der Waals surface area contributed by atoms with E-state index in [0.29, 0.717) is 29.8 Å². The van der Waals surface area contributed by atoms with Crippen molar-refractivity contribution in [2.24, 2.45) is 23.7 Å². The summed E-state index contributed by atoms with van der Waals surface area (Å²) in [5.74, 6) is -9.94. The molecule has 0 aliphatic carbocycles. The van der Waals surface area contributed by atoms with Crippen molar-refractivity contribution >= 4 is 65.0 Å². The first-order chi connectivity index (χ1) is 48.0. The number of hydrogen-bond acceptors (Lipinski definition) is 16. The lowest BCUT2D eigenvalue weighted by Crippen LogP contribution is -2.63. The van der Waals surface area contributed by atoms with Crippen LogP contribution in [0.4, 0.5) is 0 Å². The lowest BCUT2D eigenvalue weighted by molar-refractivity contribution is -0.147. The van der Waals surface area contributed by atoms with E-state index in [1.807, 2.05) is 27.7 Å². The Bertz CT molecular complexity index is 3270. The molecule has 5 rings (SSSR count). The smallest absolute Gasteiger partial charge is 0.246 e. The lowest BCUT2D eigenvalue weighted by Gasteiger charge is -2.41. The Kier molecular flexibility index (Phi) is 33.0. The summed E-state index contributed by atoms with van der Waals surface area (Å²) in [6.07, 6.45) is -3.10. The quantitative estimate of drug-likeness (QED) is 0.0867. The predicted molar refractivity (Wildman–Crippen MR) is 386 cm³/mol. The molecule has 2 heterocycles. The van der Waals surface area contributed by atoms with E-state index in [2.05, 4.69) is 37.2 Å². The molecular weight excluding hydrogens is 1310 g/mol. The van der Waals surface area contributed by atoms with E-state index in [-0.39, 0.29) is 49.8 Å². The maximum Gasteiger partial charge on any atom is 0.246 e. The second kappa shape index (κ2) is 39.9. The van der Waals surface area contributed by atoms with E-state index in [1.165, 1.54) is 63.8 Å². The first-order valence-electron chi connectivity index (χ1n) is 35.8. The summed E-state index contributed by atoms with van der Waals surface area (Å²) in [6, 6.07) is 11.5. The largest absolute Gasteiger partial charge is 0.391 e. The molecule has 0 radical (unpaired) electrons. The zero-order chi connectivity index (χ0) is 76.0. The Hall–Kier alpha value is -8.37. The van der Waals surface area contributed by atoms with Gasteiger partial charge in [0.1, 0.15) is 60.8 Å². The summed E-state index contributed by atoms with van der Waals surface area (Å²) in [5, 5.41) is 55.4. The molecule has 102 heavy (non-hydrogen) atoms. The van der Waals surface area contributed by atoms with Crippen LogP contribution in [0, 0.1) is 23.7 Å². The predicted octanol–water partition coefficient (Wildman–Crippen LogP) is 1.70. The van der Waals surface area contributed by atoms with E-state index < -0.39 is 169 Å². The van der Waals surface area contributed by atoms with E-state index in [1.54, 1.807) is 131 Å². The Morgan fingerprint density at radius 3 is 1.66 bits per heavy atom. The number of piperidine rings is 1. The average molecular weight is 1420 g/mol. The Balaban J connectivity index is 1.66. The Morgan fingerprint density at radius 2 is 1.13 bits per heavy atom. The first-order valence-corrected chi connectivity index (χ1v) is 35.8. The Labute approximate surface area is 602 Å². The molecule has 3 aromatic rings. The van der Waals surface area contributed by atoms with Gasteiger partial charge >= 0.3 is 0 Å². The van der Waals surface area contributed by atoms with Crippen molar-refractivity contribution < 1.29 is 68.1 Å². The molecule has 0 bridgehead atoms. The van der Waals surface area contributed by atoms with Crippen molar-refractivity contribution in [1.82, 2.24) is 66.6 Å². The molecule has 11 amide bonds.